The number of halogens is 1. The highest BCUT2D eigenvalue weighted by Gasteiger charge is 2.13. The summed E-state index contributed by atoms with van der Waals surface area (Å²) in [5.41, 5.74) is 2.99. The maximum absolute atomic E-state index is 13.2. The zero-order valence-corrected chi connectivity index (χ0v) is 14.2. The topological polar surface area (TPSA) is 34.1 Å². The molecule has 1 aliphatic rings. The summed E-state index contributed by atoms with van der Waals surface area (Å²) in [6, 6.07) is 11.0. The summed E-state index contributed by atoms with van der Waals surface area (Å²) in [6.45, 7) is 3.18. The van der Waals surface area contributed by atoms with E-state index < -0.39 is 0 Å². The van der Waals surface area contributed by atoms with Gasteiger partial charge >= 0.3 is 0 Å². The summed E-state index contributed by atoms with van der Waals surface area (Å²) in [6.07, 6.45) is 6.60. The van der Waals surface area contributed by atoms with Crippen LogP contribution in [0.5, 0.6) is 5.88 Å². The van der Waals surface area contributed by atoms with Crippen LogP contribution in [-0.2, 0) is 13.2 Å². The van der Waals surface area contributed by atoms with E-state index in [1.54, 1.807) is 6.07 Å². The summed E-state index contributed by atoms with van der Waals surface area (Å²) in [5.74, 6) is 0.336. The number of benzene rings is 1. The third-order valence-electron chi connectivity index (χ3n) is 4.63. The van der Waals surface area contributed by atoms with Crippen LogP contribution in [0, 0.1) is 12.7 Å². The van der Waals surface area contributed by atoms with Gasteiger partial charge in [-0.3, -0.25) is 0 Å². The minimum absolute atomic E-state index is 0.246. The molecule has 1 saturated carbocycles. The van der Waals surface area contributed by atoms with Crippen molar-refractivity contribution in [2.75, 3.05) is 0 Å². The Kier molecular flexibility index (Phi) is 5.81. The van der Waals surface area contributed by atoms with Crippen LogP contribution >= 0.6 is 0 Å². The number of hydrogen-bond donors (Lipinski definition) is 1. The van der Waals surface area contributed by atoms with Crippen molar-refractivity contribution in [1.29, 1.82) is 0 Å². The largest absolute Gasteiger partial charge is 0.473 e. The highest BCUT2D eigenvalue weighted by Crippen LogP contribution is 2.19. The van der Waals surface area contributed by atoms with Crippen molar-refractivity contribution in [2.24, 2.45) is 0 Å². The van der Waals surface area contributed by atoms with Gasteiger partial charge in [0.05, 0.1) is 0 Å². The predicted octanol–water partition coefficient (Wildman–Crippen LogP) is 4.53. The van der Waals surface area contributed by atoms with E-state index in [4.69, 9.17) is 4.74 Å². The summed E-state index contributed by atoms with van der Waals surface area (Å²) < 4.78 is 18.8. The van der Waals surface area contributed by atoms with E-state index in [1.807, 2.05) is 19.1 Å². The Morgan fingerprint density at radius 3 is 2.75 bits per heavy atom. The molecular formula is C20H25FN2O. The molecule has 24 heavy (non-hydrogen) atoms. The Morgan fingerprint density at radius 1 is 1.17 bits per heavy atom. The second-order valence-electron chi connectivity index (χ2n) is 6.53. The Balaban J connectivity index is 1.53. The van der Waals surface area contributed by atoms with Gasteiger partial charge in [-0.1, -0.05) is 37.5 Å². The Bertz CT molecular complexity index is 668. The van der Waals surface area contributed by atoms with Gasteiger partial charge in [-0.2, -0.15) is 0 Å². The molecule has 128 valence electrons. The quantitative estimate of drug-likeness (QED) is 0.846. The molecule has 4 heteroatoms. The third kappa shape index (κ3) is 4.78. The lowest BCUT2D eigenvalue weighted by molar-refractivity contribution is 0.292. The van der Waals surface area contributed by atoms with Gasteiger partial charge in [-0.15, -0.1) is 0 Å². The van der Waals surface area contributed by atoms with E-state index in [0.717, 1.165) is 17.8 Å². The van der Waals surface area contributed by atoms with E-state index in [0.29, 0.717) is 18.5 Å². The minimum Gasteiger partial charge on any atom is -0.473 e. The molecule has 2 aromatic rings. The normalized spacial score (nSPS) is 15.4. The zero-order chi connectivity index (χ0) is 16.8. The molecule has 0 bridgehead atoms. The molecule has 1 fully saturated rings. The van der Waals surface area contributed by atoms with Crippen molar-refractivity contribution in [2.45, 2.75) is 58.2 Å². The molecule has 0 saturated heterocycles. The van der Waals surface area contributed by atoms with Crippen molar-refractivity contribution >= 4 is 0 Å². The lowest BCUT2D eigenvalue weighted by Crippen LogP contribution is -2.30. The van der Waals surface area contributed by atoms with Crippen molar-refractivity contribution in [1.82, 2.24) is 10.3 Å². The smallest absolute Gasteiger partial charge is 0.213 e. The van der Waals surface area contributed by atoms with Crippen molar-refractivity contribution in [3.63, 3.8) is 0 Å². The van der Waals surface area contributed by atoms with Crippen LogP contribution in [0.15, 0.2) is 36.4 Å². The molecule has 3 rings (SSSR count). The van der Waals surface area contributed by atoms with Gasteiger partial charge in [0.25, 0.3) is 0 Å². The molecule has 3 nitrogen and oxygen atoms in total. The van der Waals surface area contributed by atoms with Gasteiger partial charge in [0.2, 0.25) is 5.88 Å². The first-order valence-corrected chi connectivity index (χ1v) is 8.78. The van der Waals surface area contributed by atoms with Crippen molar-refractivity contribution < 1.29 is 9.13 Å². The number of pyridine rings is 1. The zero-order valence-electron chi connectivity index (χ0n) is 14.2. The lowest BCUT2D eigenvalue weighted by atomic mass is 9.95. The van der Waals surface area contributed by atoms with E-state index in [2.05, 4.69) is 16.4 Å². The maximum Gasteiger partial charge on any atom is 0.213 e. The number of aromatic nitrogens is 1. The molecule has 1 aromatic carbocycles. The third-order valence-corrected chi connectivity index (χ3v) is 4.63. The van der Waals surface area contributed by atoms with Gasteiger partial charge in [0.1, 0.15) is 12.4 Å². The standard InChI is InChI=1S/C20H25FN2O/c1-15-17(13-22-19-8-3-2-4-9-19)10-11-20(23-15)24-14-16-6-5-7-18(21)12-16/h5-7,10-12,19,22H,2-4,8-9,13-14H2,1H3. The Morgan fingerprint density at radius 2 is 2.00 bits per heavy atom. The van der Waals surface area contributed by atoms with E-state index in [-0.39, 0.29) is 5.82 Å². The van der Waals surface area contributed by atoms with Gasteiger partial charge in [-0.25, -0.2) is 9.37 Å². The molecule has 0 radical (unpaired) electrons. The number of nitrogens with zero attached hydrogens (tertiary/aromatic N) is 1. The predicted molar refractivity (Wildman–Crippen MR) is 93.4 cm³/mol. The SMILES string of the molecule is Cc1nc(OCc2cccc(F)c2)ccc1CNC1CCCCC1. The summed E-state index contributed by atoms with van der Waals surface area (Å²) in [7, 11) is 0. The highest BCUT2D eigenvalue weighted by atomic mass is 19.1. The molecule has 1 heterocycles. The first kappa shape index (κ1) is 16.9. The van der Waals surface area contributed by atoms with Crippen LogP contribution in [0.2, 0.25) is 0 Å². The summed E-state index contributed by atoms with van der Waals surface area (Å²) in [5, 5.41) is 3.64. The van der Waals surface area contributed by atoms with Crippen LogP contribution in [0.4, 0.5) is 4.39 Å². The molecule has 1 N–H and O–H groups in total. The fourth-order valence-corrected chi connectivity index (χ4v) is 3.18. The number of hydrogen-bond acceptors (Lipinski definition) is 3. The molecule has 1 aromatic heterocycles. The van der Waals surface area contributed by atoms with Crippen LogP contribution in [-0.4, -0.2) is 11.0 Å². The summed E-state index contributed by atoms with van der Waals surface area (Å²) in [4.78, 5) is 4.52. The van der Waals surface area contributed by atoms with Gasteiger partial charge in [0, 0.05) is 24.3 Å². The van der Waals surface area contributed by atoms with Crippen LogP contribution in [0.25, 0.3) is 0 Å². The first-order valence-electron chi connectivity index (χ1n) is 8.78. The molecule has 0 unspecified atom stereocenters. The fraction of sp³-hybridized carbons (Fsp3) is 0.450. The van der Waals surface area contributed by atoms with Crippen molar-refractivity contribution in [3.05, 3.63) is 59.0 Å². The van der Waals surface area contributed by atoms with Crippen LogP contribution < -0.4 is 10.1 Å². The van der Waals surface area contributed by atoms with Crippen LogP contribution in [0.3, 0.4) is 0 Å². The monoisotopic (exact) mass is 328 g/mol. The maximum atomic E-state index is 13.2. The molecule has 0 spiro atoms. The van der Waals surface area contributed by atoms with Gasteiger partial charge < -0.3 is 10.1 Å². The average molecular weight is 328 g/mol. The fourth-order valence-electron chi connectivity index (χ4n) is 3.18. The molecule has 0 amide bonds. The Labute approximate surface area is 143 Å². The molecule has 1 aliphatic carbocycles. The molecule has 0 aliphatic heterocycles. The van der Waals surface area contributed by atoms with Gasteiger partial charge in [0.15, 0.2) is 0 Å². The lowest BCUT2D eigenvalue weighted by Gasteiger charge is -2.23. The number of aryl methyl sites for hydroxylation is 1. The minimum atomic E-state index is -0.246. The van der Waals surface area contributed by atoms with Gasteiger partial charge in [-0.05, 0) is 43.0 Å². The molecule has 0 atom stereocenters. The van der Waals surface area contributed by atoms with E-state index >= 15 is 0 Å². The highest BCUT2D eigenvalue weighted by molar-refractivity contribution is 5.25. The molecular weight excluding hydrogens is 303 g/mol. The van der Waals surface area contributed by atoms with E-state index in [1.165, 1.54) is 49.8 Å². The second kappa shape index (κ2) is 8.25. The number of rotatable bonds is 6. The number of ether oxygens (including phenoxy) is 1. The average Bonchev–Trinajstić information content (AvgIpc) is 2.60. The van der Waals surface area contributed by atoms with Crippen LogP contribution in [0.1, 0.15) is 48.9 Å². The number of nitrogens with one attached hydrogen (secondary N) is 1. The first-order chi connectivity index (χ1) is 11.7. The van der Waals surface area contributed by atoms with E-state index in [9.17, 15) is 4.39 Å². The Hall–Kier alpha value is -1.94. The van der Waals surface area contributed by atoms with Crippen molar-refractivity contribution in [3.8, 4) is 5.88 Å². The summed E-state index contributed by atoms with van der Waals surface area (Å²) >= 11 is 0. The second-order valence-corrected chi connectivity index (χ2v) is 6.53.